The van der Waals surface area contributed by atoms with Gasteiger partial charge in [-0.1, -0.05) is 12.1 Å². The first-order valence-electron chi connectivity index (χ1n) is 12.0. The minimum atomic E-state index is -0.481. The van der Waals surface area contributed by atoms with Gasteiger partial charge in [0.2, 0.25) is 0 Å². The van der Waals surface area contributed by atoms with Crippen molar-refractivity contribution in [2.75, 3.05) is 19.7 Å². The number of aromatic nitrogens is 2. The predicted molar refractivity (Wildman–Crippen MR) is 129 cm³/mol. The number of para-hydroxylation sites is 1. The van der Waals surface area contributed by atoms with Gasteiger partial charge in [0.25, 0.3) is 5.91 Å². The SMILES string of the molecule is CCOc1ccc(C(=O)N2CCC3(CC2)Oc2ccccc2-c2c3cnn2C)c(OC(C)C)c1. The molecule has 0 aliphatic carbocycles. The van der Waals surface area contributed by atoms with Crippen LogP contribution in [0.3, 0.4) is 0 Å². The van der Waals surface area contributed by atoms with E-state index >= 15 is 0 Å². The van der Waals surface area contributed by atoms with Crippen molar-refractivity contribution < 1.29 is 19.0 Å². The maximum Gasteiger partial charge on any atom is 0.257 e. The van der Waals surface area contributed by atoms with Crippen LogP contribution in [0.4, 0.5) is 0 Å². The Morgan fingerprint density at radius 1 is 1.18 bits per heavy atom. The summed E-state index contributed by atoms with van der Waals surface area (Å²) in [7, 11) is 1.97. The smallest absolute Gasteiger partial charge is 0.257 e. The van der Waals surface area contributed by atoms with Crippen LogP contribution in [-0.4, -0.2) is 46.4 Å². The second kappa shape index (κ2) is 8.70. The molecular weight excluding hydrogens is 430 g/mol. The van der Waals surface area contributed by atoms with Crippen LogP contribution in [0.25, 0.3) is 11.3 Å². The van der Waals surface area contributed by atoms with E-state index in [1.165, 1.54) is 0 Å². The molecule has 2 aliphatic rings. The van der Waals surface area contributed by atoms with Gasteiger partial charge in [0, 0.05) is 50.2 Å². The third-order valence-electron chi connectivity index (χ3n) is 6.59. The van der Waals surface area contributed by atoms with Gasteiger partial charge in [-0.05, 0) is 45.0 Å². The van der Waals surface area contributed by atoms with Gasteiger partial charge < -0.3 is 19.1 Å². The number of likely N-dealkylation sites (tertiary alicyclic amines) is 1. The molecule has 34 heavy (non-hydrogen) atoms. The summed E-state index contributed by atoms with van der Waals surface area (Å²) < 4.78 is 20.1. The number of hydrogen-bond donors (Lipinski definition) is 0. The van der Waals surface area contributed by atoms with Gasteiger partial charge in [0.15, 0.2) is 0 Å². The van der Waals surface area contributed by atoms with Crippen LogP contribution in [0.1, 0.15) is 49.5 Å². The van der Waals surface area contributed by atoms with Crippen LogP contribution in [0.5, 0.6) is 17.2 Å². The van der Waals surface area contributed by atoms with Crippen molar-refractivity contribution in [3.8, 4) is 28.5 Å². The topological polar surface area (TPSA) is 65.8 Å². The molecule has 1 fully saturated rings. The maximum atomic E-state index is 13.5. The maximum absolute atomic E-state index is 13.5. The summed E-state index contributed by atoms with van der Waals surface area (Å²) in [5.74, 6) is 2.10. The Balaban J connectivity index is 1.40. The number of nitrogens with zero attached hydrogens (tertiary/aromatic N) is 3. The van der Waals surface area contributed by atoms with Crippen LogP contribution in [0.2, 0.25) is 0 Å². The number of rotatable bonds is 5. The average molecular weight is 462 g/mol. The molecule has 0 unspecified atom stereocenters. The summed E-state index contributed by atoms with van der Waals surface area (Å²) in [5.41, 5.74) is 3.34. The van der Waals surface area contributed by atoms with Crippen LogP contribution in [-0.2, 0) is 12.6 Å². The molecular formula is C27H31N3O4. The molecule has 1 saturated heterocycles. The molecule has 2 aromatic carbocycles. The third-order valence-corrected chi connectivity index (χ3v) is 6.59. The normalized spacial score (nSPS) is 16.1. The molecule has 3 heterocycles. The molecule has 1 spiro atoms. The lowest BCUT2D eigenvalue weighted by Gasteiger charge is -2.44. The zero-order chi connectivity index (χ0) is 23.9. The molecule has 1 amide bonds. The Bertz CT molecular complexity index is 1210. The third kappa shape index (κ3) is 3.79. The van der Waals surface area contributed by atoms with Crippen LogP contribution in [0, 0.1) is 0 Å². The Morgan fingerprint density at radius 3 is 2.68 bits per heavy atom. The summed E-state index contributed by atoms with van der Waals surface area (Å²) in [5, 5.41) is 4.54. The monoisotopic (exact) mass is 461 g/mol. The number of ether oxygens (including phenoxy) is 3. The fraction of sp³-hybridized carbons (Fsp3) is 0.407. The molecule has 0 N–H and O–H groups in total. The first-order valence-corrected chi connectivity index (χ1v) is 12.0. The van der Waals surface area contributed by atoms with E-state index in [1.54, 1.807) is 0 Å². The number of carbonyl (C=O) groups excluding carboxylic acids is 1. The lowest BCUT2D eigenvalue weighted by atomic mass is 9.81. The van der Waals surface area contributed by atoms with Gasteiger partial charge in [-0.2, -0.15) is 5.10 Å². The zero-order valence-corrected chi connectivity index (χ0v) is 20.2. The van der Waals surface area contributed by atoms with Crippen molar-refractivity contribution in [3.05, 3.63) is 59.8 Å². The van der Waals surface area contributed by atoms with Gasteiger partial charge in [0.05, 0.1) is 30.2 Å². The number of amides is 1. The van der Waals surface area contributed by atoms with E-state index in [-0.39, 0.29) is 12.0 Å². The van der Waals surface area contributed by atoms with E-state index in [9.17, 15) is 4.79 Å². The first-order chi connectivity index (χ1) is 16.4. The Hall–Kier alpha value is -3.48. The predicted octanol–water partition coefficient (Wildman–Crippen LogP) is 4.80. The molecule has 1 aromatic heterocycles. The largest absolute Gasteiger partial charge is 0.494 e. The summed E-state index contributed by atoms with van der Waals surface area (Å²) in [6.07, 6.45) is 3.27. The minimum Gasteiger partial charge on any atom is -0.494 e. The summed E-state index contributed by atoms with van der Waals surface area (Å²) in [6.45, 7) is 7.58. The highest BCUT2D eigenvalue weighted by molar-refractivity contribution is 5.97. The van der Waals surface area contributed by atoms with Crippen LogP contribution in [0.15, 0.2) is 48.7 Å². The second-order valence-corrected chi connectivity index (χ2v) is 9.17. The number of hydrogen-bond acceptors (Lipinski definition) is 5. The van der Waals surface area contributed by atoms with E-state index in [1.807, 2.05) is 80.0 Å². The second-order valence-electron chi connectivity index (χ2n) is 9.17. The fourth-order valence-corrected chi connectivity index (χ4v) is 5.01. The standard InChI is InChI=1S/C27H31N3O4/c1-5-32-19-10-11-21(24(16-19)33-18(2)3)26(31)30-14-12-27(13-15-30)22-17-28-29(4)25(22)20-8-6-7-9-23(20)34-27/h6-11,16-18H,5,12-15H2,1-4H3. The molecule has 2 aliphatic heterocycles. The molecule has 0 radical (unpaired) electrons. The van der Waals surface area contributed by atoms with Crippen molar-refractivity contribution in [2.24, 2.45) is 7.05 Å². The van der Waals surface area contributed by atoms with E-state index in [2.05, 4.69) is 11.2 Å². The van der Waals surface area contributed by atoms with Gasteiger partial charge in [-0.3, -0.25) is 9.48 Å². The van der Waals surface area contributed by atoms with E-state index in [0.29, 0.717) is 49.6 Å². The summed E-state index contributed by atoms with van der Waals surface area (Å²) in [6, 6.07) is 13.6. The molecule has 0 saturated carbocycles. The van der Waals surface area contributed by atoms with Gasteiger partial charge >= 0.3 is 0 Å². The van der Waals surface area contributed by atoms with Gasteiger partial charge in [-0.25, -0.2) is 0 Å². The zero-order valence-electron chi connectivity index (χ0n) is 20.2. The number of piperidine rings is 1. The number of benzene rings is 2. The van der Waals surface area contributed by atoms with Gasteiger partial charge in [-0.15, -0.1) is 0 Å². The highest BCUT2D eigenvalue weighted by atomic mass is 16.5. The van der Waals surface area contributed by atoms with E-state index < -0.39 is 5.60 Å². The first kappa shape index (κ1) is 22.3. The summed E-state index contributed by atoms with van der Waals surface area (Å²) in [4.78, 5) is 15.4. The van der Waals surface area contributed by atoms with Crippen molar-refractivity contribution in [1.82, 2.24) is 14.7 Å². The Kier molecular flexibility index (Phi) is 5.71. The van der Waals surface area contributed by atoms with Crippen LogP contribution >= 0.6 is 0 Å². The van der Waals surface area contributed by atoms with Crippen molar-refractivity contribution in [3.63, 3.8) is 0 Å². The molecule has 178 valence electrons. The van der Waals surface area contributed by atoms with Gasteiger partial charge in [0.1, 0.15) is 22.8 Å². The fourth-order valence-electron chi connectivity index (χ4n) is 5.01. The van der Waals surface area contributed by atoms with Crippen molar-refractivity contribution >= 4 is 5.91 Å². The molecule has 0 bridgehead atoms. The Labute approximate surface area is 200 Å². The minimum absolute atomic E-state index is 0.0313. The average Bonchev–Trinajstić information content (AvgIpc) is 3.22. The molecule has 0 atom stereocenters. The number of aryl methyl sites for hydroxylation is 1. The summed E-state index contributed by atoms with van der Waals surface area (Å²) >= 11 is 0. The van der Waals surface area contributed by atoms with Crippen molar-refractivity contribution in [1.29, 1.82) is 0 Å². The highest BCUT2D eigenvalue weighted by Crippen LogP contribution is 2.49. The number of carbonyl (C=O) groups is 1. The van der Waals surface area contributed by atoms with E-state index in [0.717, 1.165) is 22.6 Å². The van der Waals surface area contributed by atoms with Crippen LogP contribution < -0.4 is 14.2 Å². The quantitative estimate of drug-likeness (QED) is 0.546. The van der Waals surface area contributed by atoms with E-state index in [4.69, 9.17) is 14.2 Å². The molecule has 7 heteroatoms. The molecule has 3 aromatic rings. The molecule has 7 nitrogen and oxygen atoms in total. The molecule has 5 rings (SSSR count). The number of fused-ring (bicyclic) bond motifs is 4. The highest BCUT2D eigenvalue weighted by Gasteiger charge is 2.46. The Morgan fingerprint density at radius 2 is 1.94 bits per heavy atom. The lowest BCUT2D eigenvalue weighted by molar-refractivity contribution is -0.00183. The van der Waals surface area contributed by atoms with Crippen molar-refractivity contribution in [2.45, 2.75) is 45.3 Å². The lowest BCUT2D eigenvalue weighted by Crippen LogP contribution is -2.49.